The highest BCUT2D eigenvalue weighted by atomic mass is 35.5. The van der Waals surface area contributed by atoms with Crippen LogP contribution in [-0.4, -0.2) is 65.1 Å². The zero-order valence-corrected chi connectivity index (χ0v) is 29.0. The van der Waals surface area contributed by atoms with E-state index in [1.54, 1.807) is 49.4 Å². The number of nitrogens with one attached hydrogen (secondary N) is 1. The predicted octanol–water partition coefficient (Wildman–Crippen LogP) is 6.33. The van der Waals surface area contributed by atoms with Crippen LogP contribution in [0.2, 0.25) is 10.0 Å². The number of carbonyl (C=O) groups excluding carboxylic acids is 2. The van der Waals surface area contributed by atoms with Gasteiger partial charge in [0.05, 0.1) is 31.4 Å². The standard InChI is InChI=1S/C33H41Cl2N3O7S/c1-6-9-18-36-33(40)29(7-2)37(21-23-10-11-24(34)19-28(23)35)32(39)22-38(25-12-14-26(15-13-25)45-8-3)46(41,42)27-16-17-30(43-4)31(20-27)44-5/h10-17,19-20,29H,6-9,18,21-22H2,1-5H3,(H,36,40)/t29-/m0/s1. The Labute approximate surface area is 281 Å². The molecular formula is C33H41Cl2N3O7S. The highest BCUT2D eigenvalue weighted by molar-refractivity contribution is 7.92. The van der Waals surface area contributed by atoms with Crippen LogP contribution in [-0.2, 0) is 26.2 Å². The monoisotopic (exact) mass is 693 g/mol. The first-order valence-corrected chi connectivity index (χ1v) is 17.2. The zero-order chi connectivity index (χ0) is 33.9. The lowest BCUT2D eigenvalue weighted by Gasteiger charge is -2.33. The minimum absolute atomic E-state index is 0.0535. The van der Waals surface area contributed by atoms with Crippen molar-refractivity contribution in [1.29, 1.82) is 0 Å². The lowest BCUT2D eigenvalue weighted by molar-refractivity contribution is -0.140. The summed E-state index contributed by atoms with van der Waals surface area (Å²) >= 11 is 12.6. The molecule has 0 fully saturated rings. The van der Waals surface area contributed by atoms with Gasteiger partial charge in [0.1, 0.15) is 18.3 Å². The average Bonchev–Trinajstić information content (AvgIpc) is 3.04. The third kappa shape index (κ3) is 9.20. The minimum Gasteiger partial charge on any atom is -0.494 e. The molecule has 0 aromatic heterocycles. The summed E-state index contributed by atoms with van der Waals surface area (Å²) < 4.78 is 45.7. The number of rotatable bonds is 17. The number of anilines is 1. The zero-order valence-electron chi connectivity index (χ0n) is 26.7. The van der Waals surface area contributed by atoms with Gasteiger partial charge in [-0.15, -0.1) is 0 Å². The third-order valence-electron chi connectivity index (χ3n) is 7.23. The predicted molar refractivity (Wildman–Crippen MR) is 181 cm³/mol. The van der Waals surface area contributed by atoms with Crippen LogP contribution < -0.4 is 23.8 Å². The van der Waals surface area contributed by atoms with Crippen molar-refractivity contribution in [3.63, 3.8) is 0 Å². The number of nitrogens with zero attached hydrogens (tertiary/aromatic N) is 2. The summed E-state index contributed by atoms with van der Waals surface area (Å²) in [4.78, 5) is 29.0. The molecule has 3 rings (SSSR count). The van der Waals surface area contributed by atoms with Crippen LogP contribution in [0.3, 0.4) is 0 Å². The van der Waals surface area contributed by atoms with E-state index in [0.29, 0.717) is 40.3 Å². The van der Waals surface area contributed by atoms with Crippen LogP contribution in [0.1, 0.15) is 45.6 Å². The van der Waals surface area contributed by atoms with E-state index < -0.39 is 28.5 Å². The van der Waals surface area contributed by atoms with Gasteiger partial charge in [-0.1, -0.05) is 49.5 Å². The van der Waals surface area contributed by atoms with E-state index in [4.69, 9.17) is 37.4 Å². The van der Waals surface area contributed by atoms with Crippen LogP contribution >= 0.6 is 23.2 Å². The maximum atomic E-state index is 14.3. The molecule has 2 amide bonds. The van der Waals surface area contributed by atoms with E-state index in [-0.39, 0.29) is 35.2 Å². The van der Waals surface area contributed by atoms with Crippen molar-refractivity contribution in [3.05, 3.63) is 76.3 Å². The van der Waals surface area contributed by atoms with Crippen molar-refractivity contribution < 1.29 is 32.2 Å². The van der Waals surface area contributed by atoms with Crippen LogP contribution in [0.25, 0.3) is 0 Å². The summed E-state index contributed by atoms with van der Waals surface area (Å²) in [5.74, 6) is 0.132. The molecule has 10 nitrogen and oxygen atoms in total. The summed E-state index contributed by atoms with van der Waals surface area (Å²) in [7, 11) is -1.51. The van der Waals surface area contributed by atoms with Crippen molar-refractivity contribution >= 4 is 50.7 Å². The van der Waals surface area contributed by atoms with E-state index in [2.05, 4.69) is 5.32 Å². The van der Waals surface area contributed by atoms with Gasteiger partial charge in [0.25, 0.3) is 10.0 Å². The fraction of sp³-hybridized carbons (Fsp3) is 0.394. The second-order valence-corrected chi connectivity index (χ2v) is 13.0. The number of halogens is 2. The Hall–Kier alpha value is -3.67. The van der Waals surface area contributed by atoms with E-state index in [1.807, 2.05) is 13.8 Å². The Morgan fingerprint density at radius 3 is 2.20 bits per heavy atom. The fourth-order valence-corrected chi connectivity index (χ4v) is 6.67. The molecule has 3 aromatic carbocycles. The van der Waals surface area contributed by atoms with Crippen LogP contribution in [0, 0.1) is 0 Å². The molecule has 0 saturated carbocycles. The molecule has 0 aliphatic heterocycles. The minimum atomic E-state index is -4.36. The number of carbonyl (C=O) groups is 2. The number of hydrogen-bond acceptors (Lipinski definition) is 7. The highest BCUT2D eigenvalue weighted by Gasteiger charge is 2.34. The van der Waals surface area contributed by atoms with Crippen molar-refractivity contribution in [3.8, 4) is 17.2 Å². The van der Waals surface area contributed by atoms with E-state index in [9.17, 15) is 18.0 Å². The van der Waals surface area contributed by atoms with Gasteiger partial charge < -0.3 is 24.4 Å². The number of methoxy groups -OCH3 is 2. The number of unbranched alkanes of at least 4 members (excludes halogenated alkanes) is 1. The second-order valence-electron chi connectivity index (χ2n) is 10.3. The van der Waals surface area contributed by atoms with Crippen molar-refractivity contribution in [2.75, 3.05) is 38.2 Å². The molecular weight excluding hydrogens is 653 g/mol. The topological polar surface area (TPSA) is 114 Å². The summed E-state index contributed by atoms with van der Waals surface area (Å²) in [6.45, 7) is 5.84. The first kappa shape index (κ1) is 36.8. The molecule has 3 aromatic rings. The molecule has 0 saturated heterocycles. The molecule has 0 radical (unpaired) electrons. The van der Waals surface area contributed by atoms with Crippen molar-refractivity contribution in [2.24, 2.45) is 0 Å². The van der Waals surface area contributed by atoms with Gasteiger partial charge >= 0.3 is 0 Å². The Kier molecular flexibility index (Phi) is 13.8. The molecule has 0 spiro atoms. The average molecular weight is 695 g/mol. The molecule has 0 heterocycles. The van der Waals surface area contributed by atoms with Crippen LogP contribution in [0.4, 0.5) is 5.69 Å². The van der Waals surface area contributed by atoms with Gasteiger partial charge in [-0.05, 0) is 73.9 Å². The third-order valence-corrected chi connectivity index (χ3v) is 9.59. The summed E-state index contributed by atoms with van der Waals surface area (Å²) in [6.07, 6.45) is 1.93. The lowest BCUT2D eigenvalue weighted by atomic mass is 10.1. The molecule has 13 heteroatoms. The maximum Gasteiger partial charge on any atom is 0.264 e. The Bertz CT molecular complexity index is 1590. The SMILES string of the molecule is CCCCNC(=O)[C@H](CC)N(Cc1ccc(Cl)cc1Cl)C(=O)CN(c1ccc(OCC)cc1)S(=O)(=O)c1ccc(OC)c(OC)c1. The van der Waals surface area contributed by atoms with E-state index in [1.165, 1.54) is 37.3 Å². The molecule has 1 N–H and O–H groups in total. The number of ether oxygens (including phenoxy) is 3. The first-order chi connectivity index (χ1) is 22.0. The molecule has 1 atom stereocenters. The quantitative estimate of drug-likeness (QED) is 0.164. The van der Waals surface area contributed by atoms with Gasteiger partial charge in [0.2, 0.25) is 11.8 Å². The molecule has 0 aliphatic carbocycles. The number of hydrogen-bond donors (Lipinski definition) is 1. The Balaban J connectivity index is 2.11. The summed E-state index contributed by atoms with van der Waals surface area (Å²) in [5, 5.41) is 3.63. The van der Waals surface area contributed by atoms with Gasteiger partial charge in [-0.3, -0.25) is 13.9 Å². The Morgan fingerprint density at radius 2 is 1.61 bits per heavy atom. The Morgan fingerprint density at radius 1 is 0.913 bits per heavy atom. The molecule has 0 unspecified atom stereocenters. The molecule has 250 valence electrons. The van der Waals surface area contributed by atoms with Gasteiger partial charge in [0, 0.05) is 29.2 Å². The lowest BCUT2D eigenvalue weighted by Crippen LogP contribution is -2.52. The number of amides is 2. The fourth-order valence-electron chi connectivity index (χ4n) is 4.77. The first-order valence-electron chi connectivity index (χ1n) is 15.0. The van der Waals surface area contributed by atoms with Crippen molar-refractivity contribution in [1.82, 2.24) is 10.2 Å². The molecule has 0 aliphatic rings. The maximum absolute atomic E-state index is 14.3. The molecule has 46 heavy (non-hydrogen) atoms. The normalized spacial score (nSPS) is 11.8. The number of sulfonamides is 1. The van der Waals surface area contributed by atoms with Gasteiger partial charge in [-0.25, -0.2) is 8.42 Å². The van der Waals surface area contributed by atoms with Crippen molar-refractivity contribution in [2.45, 2.75) is 57.5 Å². The largest absolute Gasteiger partial charge is 0.494 e. The summed E-state index contributed by atoms with van der Waals surface area (Å²) in [5.41, 5.74) is 0.770. The van der Waals surface area contributed by atoms with Crippen LogP contribution in [0.15, 0.2) is 65.6 Å². The highest BCUT2D eigenvalue weighted by Crippen LogP contribution is 2.33. The number of benzene rings is 3. The van der Waals surface area contributed by atoms with E-state index >= 15 is 0 Å². The molecule has 0 bridgehead atoms. The summed E-state index contributed by atoms with van der Waals surface area (Å²) in [6, 6.07) is 14.5. The van der Waals surface area contributed by atoms with Gasteiger partial charge in [-0.2, -0.15) is 0 Å². The second kappa shape index (κ2) is 17.3. The van der Waals surface area contributed by atoms with Crippen LogP contribution in [0.5, 0.6) is 17.2 Å². The smallest absolute Gasteiger partial charge is 0.264 e. The van der Waals surface area contributed by atoms with E-state index in [0.717, 1.165) is 17.1 Å². The van der Waals surface area contributed by atoms with Gasteiger partial charge in [0.15, 0.2) is 11.5 Å².